The maximum Gasteiger partial charge on any atom is 0.315 e. The van der Waals surface area contributed by atoms with Crippen LogP contribution in [0.2, 0.25) is 0 Å². The molecule has 0 aromatic heterocycles. The molecule has 0 radical (unpaired) electrons. The Kier molecular flexibility index (Phi) is 7.18. The molecule has 0 spiro atoms. The molecule has 0 rings (SSSR count). The Morgan fingerprint density at radius 2 is 1.65 bits per heavy atom. The van der Waals surface area contributed by atoms with Gasteiger partial charge in [0.1, 0.15) is 0 Å². The van der Waals surface area contributed by atoms with Crippen molar-refractivity contribution < 1.29 is 4.79 Å². The highest BCUT2D eigenvalue weighted by atomic mass is 16.2. The molecule has 0 unspecified atom stereocenters. The third kappa shape index (κ3) is 10.9. The van der Waals surface area contributed by atoms with Crippen molar-refractivity contribution in [2.45, 2.75) is 39.2 Å². The van der Waals surface area contributed by atoms with Crippen molar-refractivity contribution in [3.63, 3.8) is 0 Å². The van der Waals surface area contributed by atoms with Crippen LogP contribution in [0.15, 0.2) is 12.4 Å². The first-order chi connectivity index (χ1) is 7.85. The lowest BCUT2D eigenvalue weighted by Gasteiger charge is -2.20. The summed E-state index contributed by atoms with van der Waals surface area (Å²) in [5.41, 5.74) is -0.184. The molecule has 17 heavy (non-hydrogen) atoms. The molecule has 0 aliphatic heterocycles. The third-order valence-corrected chi connectivity index (χ3v) is 2.02. The maximum atomic E-state index is 11.4. The molecule has 0 aromatic carbocycles. The van der Waals surface area contributed by atoms with Crippen LogP contribution in [0.4, 0.5) is 4.79 Å². The van der Waals surface area contributed by atoms with Crippen molar-refractivity contribution >= 4 is 6.03 Å². The van der Waals surface area contributed by atoms with E-state index in [1.165, 1.54) is 0 Å². The van der Waals surface area contributed by atoms with Crippen LogP contribution in [-0.4, -0.2) is 31.7 Å². The lowest BCUT2D eigenvalue weighted by Crippen LogP contribution is -2.46. The second-order valence-electron chi connectivity index (χ2n) is 4.99. The van der Waals surface area contributed by atoms with E-state index in [-0.39, 0.29) is 11.6 Å². The van der Waals surface area contributed by atoms with E-state index in [1.54, 1.807) is 0 Å². The fraction of sp³-hybridized carbons (Fsp3) is 0.750. The van der Waals surface area contributed by atoms with Crippen LogP contribution in [0.1, 0.15) is 33.6 Å². The van der Waals surface area contributed by atoms with Gasteiger partial charge >= 0.3 is 6.03 Å². The Morgan fingerprint density at radius 1 is 1.12 bits per heavy atom. The molecule has 0 bridgehead atoms. The summed E-state index contributed by atoms with van der Waals surface area (Å²) in [4.78, 5) is 11.4. The van der Waals surface area contributed by atoms with Crippen LogP contribution < -0.4 is 21.3 Å². The molecule has 2 amide bonds. The van der Waals surface area contributed by atoms with Gasteiger partial charge in [0.05, 0.1) is 5.82 Å². The van der Waals surface area contributed by atoms with Gasteiger partial charge in [-0.2, -0.15) is 0 Å². The minimum atomic E-state index is -0.184. The van der Waals surface area contributed by atoms with Gasteiger partial charge in [-0.25, -0.2) is 4.79 Å². The van der Waals surface area contributed by atoms with Gasteiger partial charge in [-0.3, -0.25) is 0 Å². The quantitative estimate of drug-likeness (QED) is 0.506. The van der Waals surface area contributed by atoms with E-state index in [0.717, 1.165) is 25.2 Å². The predicted octanol–water partition coefficient (Wildman–Crippen LogP) is 1.14. The number of nitrogens with one attached hydrogen (secondary N) is 4. The smallest absolute Gasteiger partial charge is 0.315 e. The minimum Gasteiger partial charge on any atom is -0.375 e. The first kappa shape index (κ1) is 15.6. The second kappa shape index (κ2) is 7.81. The summed E-state index contributed by atoms with van der Waals surface area (Å²) in [5.74, 6) is 0.823. The fourth-order valence-electron chi connectivity index (χ4n) is 1.16. The molecular formula is C12H26N4O. The molecule has 5 heteroatoms. The van der Waals surface area contributed by atoms with E-state index in [9.17, 15) is 4.79 Å². The molecule has 0 aliphatic rings. The third-order valence-electron chi connectivity index (χ3n) is 2.02. The molecule has 0 aromatic rings. The lowest BCUT2D eigenvalue weighted by atomic mass is 10.1. The summed E-state index contributed by atoms with van der Waals surface area (Å²) < 4.78 is 0. The van der Waals surface area contributed by atoms with E-state index >= 15 is 0 Å². The molecule has 4 N–H and O–H groups in total. The highest BCUT2D eigenvalue weighted by Crippen LogP contribution is 1.97. The van der Waals surface area contributed by atoms with Gasteiger partial charge < -0.3 is 21.3 Å². The highest BCUT2D eigenvalue weighted by molar-refractivity contribution is 5.74. The zero-order valence-corrected chi connectivity index (χ0v) is 11.4. The Balaban J connectivity index is 3.40. The fourth-order valence-corrected chi connectivity index (χ4v) is 1.16. The zero-order valence-electron chi connectivity index (χ0n) is 11.4. The maximum absolute atomic E-state index is 11.4. The highest BCUT2D eigenvalue weighted by Gasteiger charge is 2.12. The predicted molar refractivity (Wildman–Crippen MR) is 71.7 cm³/mol. The van der Waals surface area contributed by atoms with Crippen LogP contribution >= 0.6 is 0 Å². The normalized spacial score (nSPS) is 10.6. The van der Waals surface area contributed by atoms with Gasteiger partial charge in [0.25, 0.3) is 0 Å². The van der Waals surface area contributed by atoms with Crippen LogP contribution in [0.25, 0.3) is 0 Å². The molecule has 0 aliphatic carbocycles. The number of hydrogen-bond donors (Lipinski definition) is 4. The summed E-state index contributed by atoms with van der Waals surface area (Å²) >= 11 is 0. The molecule has 100 valence electrons. The number of unbranched alkanes of at least 4 members (excludes halogenated alkanes) is 1. The molecule has 0 saturated heterocycles. The number of hydrogen-bond acceptors (Lipinski definition) is 3. The Bertz CT molecular complexity index is 245. The van der Waals surface area contributed by atoms with E-state index in [2.05, 4.69) is 27.8 Å². The Hall–Kier alpha value is -1.39. The van der Waals surface area contributed by atoms with Gasteiger partial charge in [0, 0.05) is 25.7 Å². The average Bonchev–Trinajstić information content (AvgIpc) is 2.20. The Labute approximate surface area is 104 Å². The van der Waals surface area contributed by atoms with Gasteiger partial charge in [-0.05, 0) is 33.6 Å². The van der Waals surface area contributed by atoms with Crippen molar-refractivity contribution in [2.75, 3.05) is 20.1 Å². The van der Waals surface area contributed by atoms with E-state index in [4.69, 9.17) is 0 Å². The summed E-state index contributed by atoms with van der Waals surface area (Å²) in [6, 6.07) is -0.106. The molecular weight excluding hydrogens is 216 g/mol. The van der Waals surface area contributed by atoms with Crippen molar-refractivity contribution in [2.24, 2.45) is 0 Å². The summed E-state index contributed by atoms with van der Waals surface area (Å²) in [7, 11) is 1.83. The largest absolute Gasteiger partial charge is 0.375 e. The number of urea groups is 1. The summed E-state index contributed by atoms with van der Waals surface area (Å²) in [6.45, 7) is 11.2. The first-order valence-electron chi connectivity index (χ1n) is 6.01. The standard InChI is InChI=1S/C12H26N4O/c1-10(13-5)14-8-6-7-9-15-11(17)16-12(2,3)4/h13-14H,1,6-9H2,2-5H3,(H2,15,16,17). The van der Waals surface area contributed by atoms with Crippen LogP contribution in [0.3, 0.4) is 0 Å². The summed E-state index contributed by atoms with van der Waals surface area (Å²) in [5, 5.41) is 11.7. The number of amides is 2. The monoisotopic (exact) mass is 242 g/mol. The van der Waals surface area contributed by atoms with E-state index in [1.807, 2.05) is 27.8 Å². The molecule has 5 nitrogen and oxygen atoms in total. The van der Waals surface area contributed by atoms with Gasteiger partial charge in [-0.15, -0.1) is 0 Å². The number of carbonyl (C=O) groups excluding carboxylic acids is 1. The van der Waals surface area contributed by atoms with E-state index in [0.29, 0.717) is 6.54 Å². The molecule has 0 atom stereocenters. The minimum absolute atomic E-state index is 0.106. The first-order valence-corrected chi connectivity index (χ1v) is 6.01. The van der Waals surface area contributed by atoms with Crippen LogP contribution in [-0.2, 0) is 0 Å². The summed E-state index contributed by atoms with van der Waals surface area (Å²) in [6.07, 6.45) is 1.94. The molecule has 0 saturated carbocycles. The Morgan fingerprint density at radius 3 is 2.12 bits per heavy atom. The van der Waals surface area contributed by atoms with Crippen molar-refractivity contribution in [1.29, 1.82) is 0 Å². The van der Waals surface area contributed by atoms with Crippen molar-refractivity contribution in [1.82, 2.24) is 21.3 Å². The van der Waals surface area contributed by atoms with Gasteiger partial charge in [-0.1, -0.05) is 6.58 Å². The molecule has 0 heterocycles. The average molecular weight is 242 g/mol. The number of rotatable bonds is 7. The number of carbonyl (C=O) groups is 1. The van der Waals surface area contributed by atoms with E-state index < -0.39 is 0 Å². The van der Waals surface area contributed by atoms with Crippen molar-refractivity contribution in [3.05, 3.63) is 12.4 Å². The SMILES string of the molecule is C=C(NC)NCCCCNC(=O)NC(C)(C)C. The second-order valence-corrected chi connectivity index (χ2v) is 4.99. The van der Waals surface area contributed by atoms with Crippen LogP contribution in [0.5, 0.6) is 0 Å². The zero-order chi connectivity index (χ0) is 13.3. The van der Waals surface area contributed by atoms with Crippen molar-refractivity contribution in [3.8, 4) is 0 Å². The van der Waals surface area contributed by atoms with Gasteiger partial charge in [0.2, 0.25) is 0 Å². The molecule has 0 fully saturated rings. The lowest BCUT2D eigenvalue weighted by molar-refractivity contribution is 0.232. The topological polar surface area (TPSA) is 65.2 Å². The van der Waals surface area contributed by atoms with Gasteiger partial charge in [0.15, 0.2) is 0 Å². The van der Waals surface area contributed by atoms with Crippen LogP contribution in [0, 0.1) is 0 Å².